The van der Waals surface area contributed by atoms with Gasteiger partial charge in [-0.15, -0.1) is 6.58 Å². The average Bonchev–Trinajstić information content (AvgIpc) is 2.62. The molecule has 0 radical (unpaired) electrons. The highest BCUT2D eigenvalue weighted by Gasteiger charge is 2.47. The molecule has 0 aromatic heterocycles. The van der Waals surface area contributed by atoms with Gasteiger partial charge in [0.2, 0.25) is 0 Å². The van der Waals surface area contributed by atoms with Crippen molar-refractivity contribution in [1.29, 1.82) is 0 Å². The van der Waals surface area contributed by atoms with E-state index in [2.05, 4.69) is 25.7 Å². The molecule has 0 aromatic rings. The molecule has 0 spiro atoms. The van der Waals surface area contributed by atoms with Gasteiger partial charge in [-0.3, -0.25) is 4.79 Å². The Labute approximate surface area is 139 Å². The van der Waals surface area contributed by atoms with E-state index >= 15 is 0 Å². The minimum Gasteiger partial charge on any atom is -0.460 e. The van der Waals surface area contributed by atoms with Crippen LogP contribution < -0.4 is 5.32 Å². The zero-order valence-electron chi connectivity index (χ0n) is 15.3. The Balaban J connectivity index is 2.81. The number of amides is 1. The molecule has 0 saturated carbocycles. The number of ether oxygens (including phenoxy) is 2. The second-order valence-electron chi connectivity index (χ2n) is 8.08. The van der Waals surface area contributed by atoms with Gasteiger partial charge in [-0.2, -0.15) is 0 Å². The molecular weight excluding hydrogens is 294 g/mol. The molecule has 3 atom stereocenters. The number of alkyl carbamates (subject to hydrolysis) is 1. The molecule has 1 amide bonds. The summed E-state index contributed by atoms with van der Waals surface area (Å²) < 4.78 is 10.9. The van der Waals surface area contributed by atoms with Gasteiger partial charge in [0.15, 0.2) is 0 Å². The fraction of sp³-hybridized carbons (Fsp3) is 0.778. The normalized spacial score (nSPS) is 25.9. The van der Waals surface area contributed by atoms with Crippen LogP contribution in [0.2, 0.25) is 0 Å². The third kappa shape index (κ3) is 5.88. The SMILES string of the molecule is C=CC[C@@]1(C)C[C@@H](C(CC(C)C)NC(=O)OC(C)(C)C)OC1=O. The molecule has 1 heterocycles. The van der Waals surface area contributed by atoms with Crippen LogP contribution in [-0.2, 0) is 14.3 Å². The van der Waals surface area contributed by atoms with Gasteiger partial charge >= 0.3 is 12.1 Å². The van der Waals surface area contributed by atoms with Crippen LogP contribution in [0, 0.1) is 11.3 Å². The van der Waals surface area contributed by atoms with Crippen molar-refractivity contribution in [1.82, 2.24) is 5.32 Å². The zero-order valence-corrected chi connectivity index (χ0v) is 15.3. The van der Waals surface area contributed by atoms with Crippen LogP contribution in [-0.4, -0.2) is 29.8 Å². The Hall–Kier alpha value is -1.52. The zero-order chi connectivity index (χ0) is 17.8. The summed E-state index contributed by atoms with van der Waals surface area (Å²) in [5, 5.41) is 2.88. The summed E-state index contributed by atoms with van der Waals surface area (Å²) in [6.45, 7) is 15.2. The van der Waals surface area contributed by atoms with Crippen molar-refractivity contribution in [3.8, 4) is 0 Å². The molecule has 5 nitrogen and oxygen atoms in total. The van der Waals surface area contributed by atoms with E-state index < -0.39 is 17.1 Å². The predicted octanol–water partition coefficient (Wildman–Crippen LogP) is 3.82. The maximum absolute atomic E-state index is 12.2. The second kappa shape index (κ2) is 7.37. The Morgan fingerprint density at radius 3 is 2.61 bits per heavy atom. The highest BCUT2D eigenvalue weighted by atomic mass is 16.6. The summed E-state index contributed by atoms with van der Waals surface area (Å²) in [6, 6.07) is -0.250. The highest BCUT2D eigenvalue weighted by molar-refractivity contribution is 5.79. The van der Waals surface area contributed by atoms with E-state index in [1.807, 2.05) is 27.7 Å². The van der Waals surface area contributed by atoms with Crippen LogP contribution >= 0.6 is 0 Å². The third-order valence-corrected chi connectivity index (χ3v) is 3.87. The molecule has 1 unspecified atom stereocenters. The van der Waals surface area contributed by atoms with E-state index in [9.17, 15) is 9.59 Å². The summed E-state index contributed by atoms with van der Waals surface area (Å²) in [6.07, 6.45) is 2.80. The van der Waals surface area contributed by atoms with Crippen molar-refractivity contribution in [2.45, 2.75) is 78.6 Å². The van der Waals surface area contributed by atoms with Crippen molar-refractivity contribution in [2.24, 2.45) is 11.3 Å². The summed E-state index contributed by atoms with van der Waals surface area (Å²) in [4.78, 5) is 24.3. The van der Waals surface area contributed by atoms with E-state index in [1.165, 1.54) is 0 Å². The van der Waals surface area contributed by atoms with Crippen LogP contribution in [0.5, 0.6) is 0 Å². The van der Waals surface area contributed by atoms with E-state index in [0.717, 1.165) is 6.42 Å². The number of esters is 1. The molecule has 23 heavy (non-hydrogen) atoms. The van der Waals surface area contributed by atoms with Gasteiger partial charge in [-0.1, -0.05) is 19.9 Å². The Morgan fingerprint density at radius 2 is 2.13 bits per heavy atom. The molecule has 0 aliphatic carbocycles. The molecule has 5 heteroatoms. The quantitative estimate of drug-likeness (QED) is 0.595. The first-order valence-corrected chi connectivity index (χ1v) is 8.28. The maximum atomic E-state index is 12.2. The molecule has 132 valence electrons. The van der Waals surface area contributed by atoms with E-state index in [1.54, 1.807) is 6.08 Å². The lowest BCUT2D eigenvalue weighted by molar-refractivity contribution is -0.149. The molecule has 1 rings (SSSR count). The van der Waals surface area contributed by atoms with Crippen molar-refractivity contribution >= 4 is 12.1 Å². The van der Waals surface area contributed by atoms with Gasteiger partial charge in [-0.05, 0) is 46.5 Å². The standard InChI is InChI=1S/C18H31NO4/c1-8-9-18(7)11-14(22-15(18)20)13(10-12(2)3)19-16(21)23-17(4,5)6/h8,12-14H,1,9-11H2,2-7H3,(H,19,21)/t13?,14-,18-/m0/s1. The smallest absolute Gasteiger partial charge is 0.408 e. The molecule has 0 aromatic carbocycles. The van der Waals surface area contributed by atoms with Crippen LogP contribution in [0.1, 0.15) is 60.8 Å². The minimum absolute atomic E-state index is 0.220. The third-order valence-electron chi connectivity index (χ3n) is 3.87. The summed E-state index contributed by atoms with van der Waals surface area (Å²) in [5.74, 6) is 0.141. The van der Waals surface area contributed by atoms with Crippen LogP contribution in [0.3, 0.4) is 0 Å². The first-order chi connectivity index (χ1) is 10.5. The molecular formula is C18H31NO4. The van der Waals surface area contributed by atoms with Gasteiger partial charge in [0.05, 0.1) is 11.5 Å². The van der Waals surface area contributed by atoms with Gasteiger partial charge in [0, 0.05) is 6.42 Å². The first-order valence-electron chi connectivity index (χ1n) is 8.28. The van der Waals surface area contributed by atoms with Gasteiger partial charge in [0.1, 0.15) is 11.7 Å². The van der Waals surface area contributed by atoms with E-state index in [4.69, 9.17) is 9.47 Å². The van der Waals surface area contributed by atoms with Crippen LogP contribution in [0.15, 0.2) is 12.7 Å². The number of allylic oxidation sites excluding steroid dienone is 1. The summed E-state index contributed by atoms with van der Waals surface area (Å²) in [7, 11) is 0. The van der Waals surface area contributed by atoms with Gasteiger partial charge in [0.25, 0.3) is 0 Å². The lowest BCUT2D eigenvalue weighted by Gasteiger charge is -2.28. The Morgan fingerprint density at radius 1 is 1.52 bits per heavy atom. The lowest BCUT2D eigenvalue weighted by atomic mass is 9.81. The number of carbonyl (C=O) groups excluding carboxylic acids is 2. The monoisotopic (exact) mass is 325 g/mol. The van der Waals surface area contributed by atoms with Crippen LogP contribution in [0.4, 0.5) is 4.79 Å². The van der Waals surface area contributed by atoms with Crippen molar-refractivity contribution in [3.05, 3.63) is 12.7 Å². The first kappa shape index (κ1) is 19.5. The number of rotatable bonds is 6. The number of carbonyl (C=O) groups is 2. The van der Waals surface area contributed by atoms with Crippen LogP contribution in [0.25, 0.3) is 0 Å². The Kier molecular flexibility index (Phi) is 6.25. The summed E-state index contributed by atoms with van der Waals surface area (Å²) >= 11 is 0. The highest BCUT2D eigenvalue weighted by Crippen LogP contribution is 2.39. The van der Waals surface area contributed by atoms with Crippen molar-refractivity contribution < 1.29 is 19.1 Å². The largest absolute Gasteiger partial charge is 0.460 e. The fourth-order valence-electron chi connectivity index (χ4n) is 2.83. The molecule has 1 N–H and O–H groups in total. The average molecular weight is 325 g/mol. The van der Waals surface area contributed by atoms with Crippen molar-refractivity contribution in [2.75, 3.05) is 0 Å². The molecule has 1 fully saturated rings. The molecule has 1 saturated heterocycles. The molecule has 1 aliphatic rings. The van der Waals surface area contributed by atoms with E-state index in [-0.39, 0.29) is 18.1 Å². The van der Waals surface area contributed by atoms with Crippen molar-refractivity contribution in [3.63, 3.8) is 0 Å². The minimum atomic E-state index is -0.559. The second-order valence-corrected chi connectivity index (χ2v) is 8.08. The molecule has 1 aliphatic heterocycles. The maximum Gasteiger partial charge on any atom is 0.408 e. The topological polar surface area (TPSA) is 64.6 Å². The molecule has 0 bridgehead atoms. The number of hydrogen-bond acceptors (Lipinski definition) is 4. The fourth-order valence-corrected chi connectivity index (χ4v) is 2.83. The number of hydrogen-bond donors (Lipinski definition) is 1. The summed E-state index contributed by atoms with van der Waals surface area (Å²) in [5.41, 5.74) is -1.12. The Bertz CT molecular complexity index is 452. The van der Waals surface area contributed by atoms with Gasteiger partial charge < -0.3 is 14.8 Å². The predicted molar refractivity (Wildman–Crippen MR) is 90.0 cm³/mol. The van der Waals surface area contributed by atoms with E-state index in [0.29, 0.717) is 18.8 Å². The van der Waals surface area contributed by atoms with Gasteiger partial charge in [-0.25, -0.2) is 4.79 Å². The number of cyclic esters (lactones) is 1. The lowest BCUT2D eigenvalue weighted by Crippen LogP contribution is -2.46. The number of nitrogens with one attached hydrogen (secondary N) is 1.